The fourth-order valence-corrected chi connectivity index (χ4v) is 3.92. The van der Waals surface area contributed by atoms with E-state index in [4.69, 9.17) is 11.6 Å². The fourth-order valence-electron chi connectivity index (χ4n) is 3.80. The Hall–Kier alpha value is -3.14. The largest absolute Gasteiger partial charge is 0.417 e. The quantitative estimate of drug-likeness (QED) is 0.555. The Balaban J connectivity index is 1.53. The van der Waals surface area contributed by atoms with Crippen LogP contribution in [-0.4, -0.2) is 56.7 Å². The van der Waals surface area contributed by atoms with E-state index in [1.807, 2.05) is 19.9 Å². The highest BCUT2D eigenvalue weighted by molar-refractivity contribution is 6.30. The Bertz CT molecular complexity index is 1120. The van der Waals surface area contributed by atoms with Crippen molar-refractivity contribution in [2.24, 2.45) is 0 Å². The predicted molar refractivity (Wildman–Crippen MR) is 118 cm³/mol. The number of rotatable bonds is 4. The molecule has 0 aromatic carbocycles. The Morgan fingerprint density at radius 2 is 1.64 bits per heavy atom. The molecule has 7 nitrogen and oxygen atoms in total. The zero-order chi connectivity index (χ0) is 23.8. The van der Waals surface area contributed by atoms with E-state index < -0.39 is 11.7 Å². The van der Waals surface area contributed by atoms with Gasteiger partial charge in [0.15, 0.2) is 5.82 Å². The summed E-state index contributed by atoms with van der Waals surface area (Å²) < 4.78 is 40.1. The van der Waals surface area contributed by atoms with Crippen molar-refractivity contribution in [3.8, 4) is 5.82 Å². The molecule has 4 rings (SSSR count). The first-order valence-electron chi connectivity index (χ1n) is 10.4. The first-order chi connectivity index (χ1) is 15.6. The first kappa shape index (κ1) is 23.0. The van der Waals surface area contributed by atoms with Gasteiger partial charge in [-0.1, -0.05) is 25.4 Å². The predicted octanol–water partition coefficient (Wildman–Crippen LogP) is 4.42. The van der Waals surface area contributed by atoms with Gasteiger partial charge in [0, 0.05) is 38.6 Å². The highest BCUT2D eigenvalue weighted by Crippen LogP contribution is 2.30. The van der Waals surface area contributed by atoms with E-state index in [1.165, 1.54) is 16.9 Å². The zero-order valence-corrected chi connectivity index (χ0v) is 18.8. The molecule has 1 aliphatic heterocycles. The first-order valence-corrected chi connectivity index (χ1v) is 10.8. The molecule has 0 unspecified atom stereocenters. The van der Waals surface area contributed by atoms with E-state index in [2.05, 4.69) is 20.0 Å². The van der Waals surface area contributed by atoms with Crippen molar-refractivity contribution in [3.05, 3.63) is 64.7 Å². The van der Waals surface area contributed by atoms with Gasteiger partial charge in [0.05, 0.1) is 28.0 Å². The SMILES string of the molecule is CC(C)c1c(C(=O)N2CCN(c3ccc(Cl)cn3)CC2)cnn1-c1ccc(C(F)(F)F)cn1. The third kappa shape index (κ3) is 4.80. The molecule has 1 fully saturated rings. The van der Waals surface area contributed by atoms with E-state index in [-0.39, 0.29) is 17.6 Å². The molecule has 0 aliphatic carbocycles. The summed E-state index contributed by atoms with van der Waals surface area (Å²) in [5.74, 6) is 0.760. The van der Waals surface area contributed by atoms with Gasteiger partial charge in [0.25, 0.3) is 5.91 Å². The van der Waals surface area contributed by atoms with Crippen molar-refractivity contribution in [1.82, 2.24) is 24.6 Å². The molecular formula is C22H22ClF3N6O. The molecule has 0 bridgehead atoms. The third-order valence-electron chi connectivity index (χ3n) is 5.48. The number of piperazine rings is 1. The number of nitrogens with zero attached hydrogens (tertiary/aromatic N) is 6. The van der Waals surface area contributed by atoms with Crippen LogP contribution < -0.4 is 4.90 Å². The molecule has 3 aromatic rings. The van der Waals surface area contributed by atoms with Gasteiger partial charge in [0.2, 0.25) is 0 Å². The summed E-state index contributed by atoms with van der Waals surface area (Å²) in [6.45, 7) is 6.05. The maximum absolute atomic E-state index is 13.3. The molecule has 1 saturated heterocycles. The number of carbonyl (C=O) groups is 1. The summed E-state index contributed by atoms with van der Waals surface area (Å²) in [4.78, 5) is 25.4. The van der Waals surface area contributed by atoms with Crippen molar-refractivity contribution in [2.45, 2.75) is 25.9 Å². The van der Waals surface area contributed by atoms with Gasteiger partial charge in [-0.05, 0) is 30.2 Å². The third-order valence-corrected chi connectivity index (χ3v) is 5.70. The molecular weight excluding hydrogens is 457 g/mol. The summed E-state index contributed by atoms with van der Waals surface area (Å²) in [7, 11) is 0. The van der Waals surface area contributed by atoms with Crippen LogP contribution in [0.25, 0.3) is 5.82 Å². The Morgan fingerprint density at radius 3 is 2.18 bits per heavy atom. The molecule has 3 aromatic heterocycles. The van der Waals surface area contributed by atoms with Crippen LogP contribution in [0.1, 0.15) is 41.4 Å². The number of hydrogen-bond donors (Lipinski definition) is 0. The van der Waals surface area contributed by atoms with Crippen molar-refractivity contribution in [3.63, 3.8) is 0 Å². The van der Waals surface area contributed by atoms with Crippen LogP contribution in [0.3, 0.4) is 0 Å². The van der Waals surface area contributed by atoms with E-state index in [9.17, 15) is 18.0 Å². The van der Waals surface area contributed by atoms with E-state index >= 15 is 0 Å². The lowest BCUT2D eigenvalue weighted by molar-refractivity contribution is -0.137. The maximum Gasteiger partial charge on any atom is 0.417 e. The molecule has 1 amide bonds. The van der Waals surface area contributed by atoms with Gasteiger partial charge in [-0.2, -0.15) is 18.3 Å². The van der Waals surface area contributed by atoms with Crippen molar-refractivity contribution in [1.29, 1.82) is 0 Å². The number of alkyl halides is 3. The Kier molecular flexibility index (Phi) is 6.29. The topological polar surface area (TPSA) is 67.2 Å². The van der Waals surface area contributed by atoms with Gasteiger partial charge in [0.1, 0.15) is 5.82 Å². The van der Waals surface area contributed by atoms with E-state index in [1.54, 1.807) is 17.2 Å². The minimum absolute atomic E-state index is 0.102. The van der Waals surface area contributed by atoms with Crippen molar-refractivity contribution in [2.75, 3.05) is 31.1 Å². The minimum atomic E-state index is -4.47. The molecule has 1 aliphatic rings. The molecule has 174 valence electrons. The number of carbonyl (C=O) groups excluding carboxylic acids is 1. The second-order valence-corrected chi connectivity index (χ2v) is 8.46. The molecule has 0 radical (unpaired) electrons. The second-order valence-electron chi connectivity index (χ2n) is 8.03. The summed E-state index contributed by atoms with van der Waals surface area (Å²) in [5.41, 5.74) is 0.188. The highest BCUT2D eigenvalue weighted by Gasteiger charge is 2.31. The van der Waals surface area contributed by atoms with Gasteiger partial charge >= 0.3 is 6.18 Å². The Labute approximate surface area is 193 Å². The molecule has 0 spiro atoms. The molecule has 11 heteroatoms. The molecule has 0 saturated carbocycles. The molecule has 0 N–H and O–H groups in total. The average molecular weight is 479 g/mol. The number of anilines is 1. The zero-order valence-electron chi connectivity index (χ0n) is 18.1. The van der Waals surface area contributed by atoms with Crippen molar-refractivity contribution < 1.29 is 18.0 Å². The lowest BCUT2D eigenvalue weighted by Crippen LogP contribution is -2.49. The van der Waals surface area contributed by atoms with Crippen molar-refractivity contribution >= 4 is 23.3 Å². The van der Waals surface area contributed by atoms with Crippen LogP contribution >= 0.6 is 11.6 Å². The Morgan fingerprint density at radius 1 is 0.970 bits per heavy atom. The molecule has 4 heterocycles. The molecule has 0 atom stereocenters. The van der Waals surface area contributed by atoms with Gasteiger partial charge in [-0.3, -0.25) is 4.79 Å². The summed E-state index contributed by atoms with van der Waals surface area (Å²) in [5, 5.41) is 4.84. The lowest BCUT2D eigenvalue weighted by atomic mass is 10.0. The molecule has 33 heavy (non-hydrogen) atoms. The standard InChI is InChI=1S/C22H22ClF3N6O/c1-14(2)20-17(13-29-32(20)19-5-3-15(11-27-19)22(24,25)26)21(33)31-9-7-30(8-10-31)18-6-4-16(23)12-28-18/h3-6,11-14H,7-10H2,1-2H3. The summed E-state index contributed by atoms with van der Waals surface area (Å²) in [6.07, 6.45) is -0.648. The van der Waals surface area contributed by atoms with Crippen LogP contribution in [0.5, 0.6) is 0 Å². The summed E-state index contributed by atoms with van der Waals surface area (Å²) in [6, 6.07) is 5.84. The van der Waals surface area contributed by atoms with E-state index in [0.29, 0.717) is 42.5 Å². The number of pyridine rings is 2. The second kappa shape index (κ2) is 9.01. The fraction of sp³-hybridized carbons (Fsp3) is 0.364. The van der Waals surface area contributed by atoms with E-state index in [0.717, 1.165) is 18.1 Å². The number of hydrogen-bond acceptors (Lipinski definition) is 5. The lowest BCUT2D eigenvalue weighted by Gasteiger charge is -2.35. The minimum Gasteiger partial charge on any atom is -0.353 e. The number of aromatic nitrogens is 4. The van der Waals surface area contributed by atoms with Crippen LogP contribution in [0, 0.1) is 0 Å². The average Bonchev–Trinajstić information content (AvgIpc) is 3.24. The van der Waals surface area contributed by atoms with Gasteiger partial charge in [-0.25, -0.2) is 14.6 Å². The van der Waals surface area contributed by atoms with Crippen LogP contribution in [0.15, 0.2) is 42.9 Å². The van der Waals surface area contributed by atoms with Gasteiger partial charge in [-0.15, -0.1) is 0 Å². The highest BCUT2D eigenvalue weighted by atomic mass is 35.5. The maximum atomic E-state index is 13.3. The summed E-state index contributed by atoms with van der Waals surface area (Å²) >= 11 is 5.90. The number of halogens is 4. The van der Waals surface area contributed by atoms with Gasteiger partial charge < -0.3 is 9.80 Å². The van der Waals surface area contributed by atoms with Crippen LogP contribution in [0.2, 0.25) is 5.02 Å². The van der Waals surface area contributed by atoms with Crippen LogP contribution in [0.4, 0.5) is 19.0 Å². The monoisotopic (exact) mass is 478 g/mol. The van der Waals surface area contributed by atoms with Crippen LogP contribution in [-0.2, 0) is 6.18 Å². The normalized spacial score (nSPS) is 14.8. The number of amides is 1. The smallest absolute Gasteiger partial charge is 0.353 e.